The number of benzene rings is 1. The van der Waals surface area contributed by atoms with E-state index in [2.05, 4.69) is 32.3 Å². The summed E-state index contributed by atoms with van der Waals surface area (Å²) < 4.78 is 3.26. The van der Waals surface area contributed by atoms with Crippen molar-refractivity contribution >= 4 is 28.4 Å². The molecule has 1 saturated heterocycles. The second kappa shape index (κ2) is 10.5. The van der Waals surface area contributed by atoms with Gasteiger partial charge < -0.3 is 15.3 Å². The van der Waals surface area contributed by atoms with E-state index in [1.54, 1.807) is 53.9 Å². The van der Waals surface area contributed by atoms with Crippen LogP contribution in [0.5, 0.6) is 0 Å². The normalized spacial score (nSPS) is 14.0. The fourth-order valence-corrected chi connectivity index (χ4v) is 5.05. The number of piperidine rings is 1. The average molecular weight is 537 g/mol. The molecule has 5 heterocycles. The molecule has 10 heteroatoms. The molecule has 0 amide bonds. The van der Waals surface area contributed by atoms with Gasteiger partial charge in [-0.05, 0) is 81.1 Å². The van der Waals surface area contributed by atoms with Crippen LogP contribution in [0.3, 0.4) is 0 Å². The zero-order valence-corrected chi connectivity index (χ0v) is 22.7. The van der Waals surface area contributed by atoms with Crippen molar-refractivity contribution in [2.75, 3.05) is 23.3 Å². The molecule has 6 rings (SSSR count). The molecule has 0 saturated carbocycles. The summed E-state index contributed by atoms with van der Waals surface area (Å²) in [6.45, 7) is 5.79. The maximum Gasteiger partial charge on any atom is 0.278 e. The van der Waals surface area contributed by atoms with Gasteiger partial charge in [-0.25, -0.2) is 19.3 Å². The van der Waals surface area contributed by atoms with E-state index in [1.165, 1.54) is 24.9 Å². The Morgan fingerprint density at radius 3 is 2.48 bits per heavy atom. The molecule has 1 aromatic carbocycles. The minimum atomic E-state index is -1.16. The first-order chi connectivity index (χ1) is 19.4. The highest BCUT2D eigenvalue weighted by Crippen LogP contribution is 2.25. The number of rotatable bonds is 7. The van der Waals surface area contributed by atoms with E-state index < -0.39 is 5.60 Å². The summed E-state index contributed by atoms with van der Waals surface area (Å²) in [5.74, 6) is 0.829. The number of hydrogen-bond acceptors (Lipinski definition) is 8. The first kappa shape index (κ1) is 25.7. The third-order valence-corrected chi connectivity index (χ3v) is 7.15. The lowest BCUT2D eigenvalue weighted by molar-refractivity contribution is 0.0738. The third kappa shape index (κ3) is 5.17. The quantitative estimate of drug-likeness (QED) is 0.315. The van der Waals surface area contributed by atoms with Crippen LogP contribution in [-0.2, 0) is 12.1 Å². The fraction of sp³-hybridized carbons (Fsp3) is 0.300. The summed E-state index contributed by atoms with van der Waals surface area (Å²) in [5.41, 5.74) is 2.41. The Balaban J connectivity index is 1.41. The van der Waals surface area contributed by atoms with Crippen molar-refractivity contribution in [2.24, 2.45) is 0 Å². The molecule has 4 aromatic heterocycles. The highest BCUT2D eigenvalue weighted by molar-refractivity contribution is 5.77. The second-order valence-corrected chi connectivity index (χ2v) is 10.6. The van der Waals surface area contributed by atoms with Crippen molar-refractivity contribution in [1.29, 1.82) is 0 Å². The zero-order valence-electron chi connectivity index (χ0n) is 22.7. The van der Waals surface area contributed by atoms with E-state index >= 15 is 0 Å². The average Bonchev–Trinajstić information content (AvgIpc) is 3.24. The van der Waals surface area contributed by atoms with Crippen molar-refractivity contribution in [3.8, 4) is 5.82 Å². The topological polar surface area (TPSA) is 114 Å². The number of aromatic nitrogens is 6. The van der Waals surface area contributed by atoms with Gasteiger partial charge in [-0.2, -0.15) is 4.98 Å². The molecule has 1 aliphatic rings. The molecule has 0 radical (unpaired) electrons. The van der Waals surface area contributed by atoms with Crippen LogP contribution < -0.4 is 15.8 Å². The number of anilines is 3. The van der Waals surface area contributed by atoms with Crippen molar-refractivity contribution in [2.45, 2.75) is 45.3 Å². The highest BCUT2D eigenvalue weighted by atomic mass is 16.3. The van der Waals surface area contributed by atoms with E-state index in [0.29, 0.717) is 28.5 Å². The van der Waals surface area contributed by atoms with E-state index in [4.69, 9.17) is 9.97 Å². The van der Waals surface area contributed by atoms with Crippen LogP contribution in [0.15, 0.2) is 78.0 Å². The van der Waals surface area contributed by atoms with Crippen LogP contribution in [0, 0.1) is 0 Å². The number of hydrogen-bond donors (Lipinski definition) is 2. The number of nitrogens with zero attached hydrogens (tertiary/aromatic N) is 7. The lowest BCUT2D eigenvalue weighted by Gasteiger charge is -2.28. The Morgan fingerprint density at radius 2 is 1.75 bits per heavy atom. The number of pyridine rings is 2. The van der Waals surface area contributed by atoms with E-state index in [9.17, 15) is 9.90 Å². The molecular weight excluding hydrogens is 504 g/mol. The highest BCUT2D eigenvalue weighted by Gasteiger charge is 2.22. The Labute approximate surface area is 232 Å². The molecule has 0 bridgehead atoms. The second-order valence-electron chi connectivity index (χ2n) is 10.6. The predicted octanol–water partition coefficient (Wildman–Crippen LogP) is 4.38. The summed E-state index contributed by atoms with van der Waals surface area (Å²) in [5, 5.41) is 14.3. The van der Waals surface area contributed by atoms with Crippen molar-refractivity contribution in [1.82, 2.24) is 29.3 Å². The number of fused-ring (bicyclic) bond motifs is 1. The van der Waals surface area contributed by atoms with Gasteiger partial charge in [0.15, 0.2) is 11.5 Å². The third-order valence-electron chi connectivity index (χ3n) is 7.15. The monoisotopic (exact) mass is 536 g/mol. The van der Waals surface area contributed by atoms with Crippen LogP contribution in [0.4, 0.5) is 17.3 Å². The Hall–Kier alpha value is -4.57. The van der Waals surface area contributed by atoms with Crippen molar-refractivity contribution in [3.63, 3.8) is 0 Å². The summed E-state index contributed by atoms with van der Waals surface area (Å²) in [4.78, 5) is 34.1. The fourth-order valence-electron chi connectivity index (χ4n) is 5.05. The van der Waals surface area contributed by atoms with Crippen LogP contribution >= 0.6 is 0 Å². The molecular formula is C30H32N8O2. The van der Waals surface area contributed by atoms with Crippen LogP contribution in [0.2, 0.25) is 0 Å². The number of nitrogens with one attached hydrogen (secondary N) is 1. The minimum absolute atomic E-state index is 0.244. The molecule has 0 aliphatic carbocycles. The van der Waals surface area contributed by atoms with Gasteiger partial charge in [-0.1, -0.05) is 12.1 Å². The lowest BCUT2D eigenvalue weighted by atomic mass is 10.1. The van der Waals surface area contributed by atoms with Crippen LogP contribution in [0.25, 0.3) is 16.9 Å². The molecule has 2 N–H and O–H groups in total. The molecule has 204 valence electrons. The van der Waals surface area contributed by atoms with Crippen molar-refractivity contribution in [3.05, 3.63) is 94.8 Å². The van der Waals surface area contributed by atoms with Crippen LogP contribution in [-0.4, -0.2) is 47.5 Å². The van der Waals surface area contributed by atoms with Gasteiger partial charge in [0.2, 0.25) is 5.95 Å². The molecule has 0 unspecified atom stereocenters. The smallest absolute Gasteiger partial charge is 0.278 e. The van der Waals surface area contributed by atoms with Gasteiger partial charge in [0.25, 0.3) is 5.56 Å². The first-order valence-corrected chi connectivity index (χ1v) is 13.6. The Bertz CT molecular complexity index is 1680. The molecule has 40 heavy (non-hydrogen) atoms. The summed E-state index contributed by atoms with van der Waals surface area (Å²) in [6, 6.07) is 17.4. The van der Waals surface area contributed by atoms with E-state index in [0.717, 1.165) is 24.3 Å². The van der Waals surface area contributed by atoms with Gasteiger partial charge in [0.05, 0.1) is 12.2 Å². The molecule has 1 aliphatic heterocycles. The minimum Gasteiger partial charge on any atom is -0.384 e. The predicted molar refractivity (Wildman–Crippen MR) is 155 cm³/mol. The van der Waals surface area contributed by atoms with Crippen molar-refractivity contribution < 1.29 is 5.11 Å². The lowest BCUT2D eigenvalue weighted by Crippen LogP contribution is -2.29. The van der Waals surface area contributed by atoms with Gasteiger partial charge >= 0.3 is 0 Å². The maximum atomic E-state index is 13.6. The van der Waals surface area contributed by atoms with Gasteiger partial charge in [0.1, 0.15) is 11.0 Å². The maximum absolute atomic E-state index is 13.6. The van der Waals surface area contributed by atoms with E-state index in [1.807, 2.05) is 30.3 Å². The summed E-state index contributed by atoms with van der Waals surface area (Å²) in [6.07, 6.45) is 8.71. The largest absolute Gasteiger partial charge is 0.384 e. The zero-order chi connectivity index (χ0) is 27.7. The molecule has 10 nitrogen and oxygen atoms in total. The molecule has 1 fully saturated rings. The van der Waals surface area contributed by atoms with Gasteiger partial charge in [-0.3, -0.25) is 9.78 Å². The summed E-state index contributed by atoms with van der Waals surface area (Å²) >= 11 is 0. The molecule has 0 spiro atoms. The number of aliphatic hydroxyl groups is 1. The summed E-state index contributed by atoms with van der Waals surface area (Å²) in [7, 11) is 0. The SMILES string of the molecule is CC(C)(O)c1cccc(-n2c3nc(Nc4ccc(N5CCCCC5)cc4)ncc3c(=O)n2Cc2cccnc2)n1. The van der Waals surface area contributed by atoms with Gasteiger partial charge in [0, 0.05) is 43.1 Å². The first-order valence-electron chi connectivity index (χ1n) is 13.6. The Morgan fingerprint density at radius 1 is 0.950 bits per heavy atom. The van der Waals surface area contributed by atoms with Crippen LogP contribution in [0.1, 0.15) is 44.4 Å². The Kier molecular flexibility index (Phi) is 6.77. The van der Waals surface area contributed by atoms with Gasteiger partial charge in [-0.15, -0.1) is 0 Å². The molecule has 5 aromatic rings. The standard InChI is InChI=1S/C30H32N8O2/c1-30(2,40)25-9-6-10-26(34-25)38-27-24(28(39)37(38)20-21-8-7-15-31-18-21)19-32-29(35-27)33-22-11-13-23(14-12-22)36-16-4-3-5-17-36/h6-15,18-19,40H,3-5,16-17,20H2,1-2H3,(H,32,33,35). The van der Waals surface area contributed by atoms with E-state index in [-0.39, 0.29) is 12.1 Å². The molecule has 0 atom stereocenters.